The third-order valence-electron chi connectivity index (χ3n) is 4.89. The van der Waals surface area contributed by atoms with Gasteiger partial charge in [0.15, 0.2) is 5.96 Å². The van der Waals surface area contributed by atoms with E-state index in [9.17, 15) is 8.42 Å². The van der Waals surface area contributed by atoms with E-state index in [0.29, 0.717) is 13.1 Å². The van der Waals surface area contributed by atoms with Crippen molar-refractivity contribution in [2.24, 2.45) is 4.99 Å². The molecule has 0 aromatic heterocycles. The fraction of sp³-hybridized carbons (Fsp3) is 0.588. The summed E-state index contributed by atoms with van der Waals surface area (Å²) in [5.74, 6) is 0.852. The third kappa shape index (κ3) is 3.72. The number of hydrogen-bond donors (Lipinski definition) is 1. The Morgan fingerprint density at radius 1 is 1.29 bits per heavy atom. The summed E-state index contributed by atoms with van der Waals surface area (Å²) in [5.41, 5.74) is 2.74. The van der Waals surface area contributed by atoms with E-state index in [2.05, 4.69) is 39.5 Å². The Morgan fingerprint density at radius 3 is 2.75 bits per heavy atom. The van der Waals surface area contributed by atoms with Crippen molar-refractivity contribution in [3.05, 3.63) is 35.4 Å². The molecule has 2 aliphatic heterocycles. The first-order chi connectivity index (χ1) is 11.5. The van der Waals surface area contributed by atoms with E-state index in [-0.39, 0.29) is 6.04 Å². The molecule has 0 aliphatic carbocycles. The number of nitrogens with one attached hydrogen (secondary N) is 1. The molecular formula is C17H26N4O2S. The van der Waals surface area contributed by atoms with Crippen LogP contribution in [0.15, 0.2) is 29.3 Å². The van der Waals surface area contributed by atoms with E-state index >= 15 is 0 Å². The van der Waals surface area contributed by atoms with Crippen LogP contribution in [0.25, 0.3) is 0 Å². The van der Waals surface area contributed by atoms with Gasteiger partial charge in [-0.3, -0.25) is 4.99 Å². The van der Waals surface area contributed by atoms with Crippen LogP contribution in [0, 0.1) is 0 Å². The molecule has 0 spiro atoms. The summed E-state index contributed by atoms with van der Waals surface area (Å²) >= 11 is 0. The van der Waals surface area contributed by atoms with Crippen molar-refractivity contribution in [3.8, 4) is 0 Å². The molecule has 0 unspecified atom stereocenters. The first-order valence-corrected chi connectivity index (χ1v) is 10.3. The Labute approximate surface area is 144 Å². The van der Waals surface area contributed by atoms with Gasteiger partial charge in [0.25, 0.3) is 0 Å². The highest BCUT2D eigenvalue weighted by Crippen LogP contribution is 2.21. The van der Waals surface area contributed by atoms with Gasteiger partial charge in [-0.1, -0.05) is 24.3 Å². The average molecular weight is 350 g/mol. The van der Waals surface area contributed by atoms with E-state index in [4.69, 9.17) is 0 Å². The highest BCUT2D eigenvalue weighted by atomic mass is 32.2. The highest BCUT2D eigenvalue weighted by molar-refractivity contribution is 7.88. The molecule has 0 radical (unpaired) electrons. The molecule has 0 saturated carbocycles. The SMILES string of the molecule is CN=C(NC[C@H]1CCCN1S(C)(=O)=O)N1CCc2ccccc2C1. The summed E-state index contributed by atoms with van der Waals surface area (Å²) in [6.45, 7) is 3.01. The van der Waals surface area contributed by atoms with E-state index in [1.165, 1.54) is 17.4 Å². The number of hydrogen-bond acceptors (Lipinski definition) is 3. The van der Waals surface area contributed by atoms with Gasteiger partial charge < -0.3 is 10.2 Å². The molecular weight excluding hydrogens is 324 g/mol. The minimum Gasteiger partial charge on any atom is -0.355 e. The Bertz CT molecular complexity index is 717. The van der Waals surface area contributed by atoms with E-state index in [1.807, 2.05) is 0 Å². The van der Waals surface area contributed by atoms with Crippen LogP contribution in [-0.2, 0) is 23.0 Å². The van der Waals surface area contributed by atoms with Crippen molar-refractivity contribution in [1.29, 1.82) is 0 Å². The fourth-order valence-corrected chi connectivity index (χ4v) is 4.85. The van der Waals surface area contributed by atoms with Gasteiger partial charge in [-0.2, -0.15) is 4.31 Å². The molecule has 0 amide bonds. The molecule has 1 saturated heterocycles. The second-order valence-electron chi connectivity index (χ2n) is 6.54. The molecule has 132 valence electrons. The van der Waals surface area contributed by atoms with E-state index in [0.717, 1.165) is 38.3 Å². The summed E-state index contributed by atoms with van der Waals surface area (Å²) in [7, 11) is -1.35. The second kappa shape index (κ2) is 7.11. The molecule has 0 bridgehead atoms. The summed E-state index contributed by atoms with van der Waals surface area (Å²) < 4.78 is 25.3. The van der Waals surface area contributed by atoms with Crippen LogP contribution in [0.2, 0.25) is 0 Å². The van der Waals surface area contributed by atoms with Gasteiger partial charge in [0.2, 0.25) is 10.0 Å². The Kier molecular flexibility index (Phi) is 5.10. The standard InChI is InChI=1S/C17H26N4O2S/c1-18-17(19-12-16-8-5-10-21(16)24(2,22)23)20-11-9-14-6-3-4-7-15(14)13-20/h3-4,6-7,16H,5,8-13H2,1-2H3,(H,18,19)/t16-/m1/s1. The number of sulfonamides is 1. The van der Waals surface area contributed by atoms with Crippen molar-refractivity contribution in [2.75, 3.05) is 32.9 Å². The molecule has 24 heavy (non-hydrogen) atoms. The zero-order valence-electron chi connectivity index (χ0n) is 14.4. The lowest BCUT2D eigenvalue weighted by atomic mass is 10.0. The maximum Gasteiger partial charge on any atom is 0.211 e. The number of aliphatic imine (C=N–C) groups is 1. The molecule has 2 aliphatic rings. The zero-order valence-corrected chi connectivity index (χ0v) is 15.2. The fourth-order valence-electron chi connectivity index (χ4n) is 3.67. The zero-order chi connectivity index (χ0) is 17.2. The smallest absolute Gasteiger partial charge is 0.211 e. The van der Waals surface area contributed by atoms with Crippen molar-refractivity contribution in [2.45, 2.75) is 31.8 Å². The average Bonchev–Trinajstić information content (AvgIpc) is 3.04. The lowest BCUT2D eigenvalue weighted by Crippen LogP contribution is -2.48. The minimum absolute atomic E-state index is 0.0221. The van der Waals surface area contributed by atoms with Gasteiger partial charge in [0.1, 0.15) is 0 Å². The molecule has 3 rings (SSSR count). The normalized spacial score (nSPS) is 22.5. The Balaban J connectivity index is 1.62. The Morgan fingerprint density at radius 2 is 2.04 bits per heavy atom. The van der Waals surface area contributed by atoms with Crippen molar-refractivity contribution in [1.82, 2.24) is 14.5 Å². The highest BCUT2D eigenvalue weighted by Gasteiger charge is 2.31. The molecule has 6 nitrogen and oxygen atoms in total. The van der Waals surface area contributed by atoms with Crippen LogP contribution < -0.4 is 5.32 Å². The van der Waals surface area contributed by atoms with E-state index in [1.54, 1.807) is 11.4 Å². The molecule has 2 heterocycles. The van der Waals surface area contributed by atoms with Gasteiger partial charge >= 0.3 is 0 Å². The number of guanidine groups is 1. The van der Waals surface area contributed by atoms with Gasteiger partial charge in [-0.15, -0.1) is 0 Å². The molecule has 1 N–H and O–H groups in total. The van der Waals surface area contributed by atoms with E-state index < -0.39 is 10.0 Å². The summed E-state index contributed by atoms with van der Waals surface area (Å²) in [4.78, 5) is 6.63. The predicted molar refractivity (Wildman–Crippen MR) is 96.5 cm³/mol. The van der Waals surface area contributed by atoms with Crippen LogP contribution in [-0.4, -0.2) is 62.6 Å². The molecule has 1 aromatic rings. The predicted octanol–water partition coefficient (Wildman–Crippen LogP) is 1.04. The minimum atomic E-state index is -3.13. The van der Waals surface area contributed by atoms with Crippen molar-refractivity contribution < 1.29 is 8.42 Å². The van der Waals surface area contributed by atoms with Crippen LogP contribution in [0.4, 0.5) is 0 Å². The number of rotatable bonds is 3. The van der Waals surface area contributed by atoms with Crippen LogP contribution in [0.5, 0.6) is 0 Å². The van der Waals surface area contributed by atoms with Gasteiger partial charge in [-0.05, 0) is 30.4 Å². The molecule has 1 atom stereocenters. The topological polar surface area (TPSA) is 65.0 Å². The largest absolute Gasteiger partial charge is 0.355 e. The number of nitrogens with zero attached hydrogens (tertiary/aromatic N) is 3. The quantitative estimate of drug-likeness (QED) is 0.654. The maximum atomic E-state index is 11.9. The Hall–Kier alpha value is -1.60. The second-order valence-corrected chi connectivity index (χ2v) is 8.47. The monoisotopic (exact) mass is 350 g/mol. The summed E-state index contributed by atoms with van der Waals surface area (Å²) in [6.07, 6.45) is 4.13. The van der Waals surface area contributed by atoms with Crippen LogP contribution in [0.3, 0.4) is 0 Å². The number of fused-ring (bicyclic) bond motifs is 1. The van der Waals surface area contributed by atoms with Gasteiger partial charge in [0, 0.05) is 39.3 Å². The van der Waals surface area contributed by atoms with Gasteiger partial charge in [-0.25, -0.2) is 8.42 Å². The first-order valence-electron chi connectivity index (χ1n) is 8.48. The molecule has 1 aromatic carbocycles. The maximum absolute atomic E-state index is 11.9. The number of benzene rings is 1. The lowest BCUT2D eigenvalue weighted by Gasteiger charge is -2.32. The third-order valence-corrected chi connectivity index (χ3v) is 6.22. The van der Waals surface area contributed by atoms with Crippen LogP contribution in [0.1, 0.15) is 24.0 Å². The summed E-state index contributed by atoms with van der Waals surface area (Å²) in [5, 5.41) is 3.38. The first kappa shape index (κ1) is 17.2. The molecule has 1 fully saturated rings. The van der Waals surface area contributed by atoms with Crippen molar-refractivity contribution in [3.63, 3.8) is 0 Å². The lowest BCUT2D eigenvalue weighted by molar-refractivity contribution is 0.358. The summed E-state index contributed by atoms with van der Waals surface area (Å²) in [6, 6.07) is 8.53. The van der Waals surface area contributed by atoms with Crippen molar-refractivity contribution >= 4 is 16.0 Å². The molecule has 7 heteroatoms. The van der Waals surface area contributed by atoms with Gasteiger partial charge in [0.05, 0.1) is 6.26 Å². The van der Waals surface area contributed by atoms with Crippen LogP contribution >= 0.6 is 0 Å².